The van der Waals surface area contributed by atoms with Crippen LogP contribution < -0.4 is 9.96 Å². The number of β-amino-alcohol motifs (C(OH)–C–C–N with tert-alkyl or cyclic N) is 1. The summed E-state index contributed by atoms with van der Waals surface area (Å²) >= 11 is 0. The summed E-state index contributed by atoms with van der Waals surface area (Å²) in [7, 11) is 3.29. The zero-order valence-corrected chi connectivity index (χ0v) is 21.7. The number of aliphatic hydroxyl groups is 1. The molecule has 0 radical (unpaired) electrons. The number of amides is 3. The van der Waals surface area contributed by atoms with Crippen molar-refractivity contribution in [3.05, 3.63) is 58.9 Å². The first kappa shape index (κ1) is 31.1. The Kier molecular flexibility index (Phi) is 9.31. The molecule has 0 saturated carbocycles. The molecule has 1 unspecified atom stereocenters. The number of likely N-dealkylation sites (N-methyl/N-ethyl adjacent to an activating group) is 2. The van der Waals surface area contributed by atoms with Crippen molar-refractivity contribution in [3.8, 4) is 0 Å². The number of urea groups is 1. The Morgan fingerprint density at radius 2 is 1.70 bits per heavy atom. The fourth-order valence-electron chi connectivity index (χ4n) is 4.21. The minimum atomic E-state index is -5.34. The molecule has 1 aliphatic heterocycles. The average Bonchev–Trinajstić information content (AvgIpc) is 3.18. The molecule has 15 heteroatoms. The van der Waals surface area contributed by atoms with Crippen LogP contribution in [0.5, 0.6) is 0 Å². The van der Waals surface area contributed by atoms with Crippen LogP contribution >= 0.6 is 0 Å². The van der Waals surface area contributed by atoms with Gasteiger partial charge in [-0.05, 0) is 57.4 Å². The van der Waals surface area contributed by atoms with E-state index in [2.05, 4.69) is 0 Å². The molecule has 8 nitrogen and oxygen atoms in total. The molecule has 3 rings (SSSR count). The second kappa shape index (κ2) is 12.0. The molecule has 1 atom stereocenters. The van der Waals surface area contributed by atoms with E-state index in [0.29, 0.717) is 6.07 Å². The standard InChI is InChI=1S/C25H27F7N4O4/c1-4-35(17-7-5-16(26)6-8-17)22(38)11-19-20(25(30,31)32)9-15(24(27,28)29)10-21(19)36-23(39)34(14-40-36)13-18(37)12-33(2)3/h5-10,18,37H,4,11-14H2,1-3H3. The van der Waals surface area contributed by atoms with E-state index < -0.39 is 71.7 Å². The molecule has 2 aromatic rings. The van der Waals surface area contributed by atoms with Crippen molar-refractivity contribution in [1.29, 1.82) is 0 Å². The average molecular weight is 581 g/mol. The number of aliphatic hydroxyl groups excluding tert-OH is 1. The first-order valence-electron chi connectivity index (χ1n) is 11.9. The molecule has 0 aromatic heterocycles. The Morgan fingerprint density at radius 3 is 2.23 bits per heavy atom. The third kappa shape index (κ3) is 7.20. The van der Waals surface area contributed by atoms with Gasteiger partial charge in [-0.1, -0.05) is 0 Å². The van der Waals surface area contributed by atoms with E-state index in [-0.39, 0.29) is 36.5 Å². The highest BCUT2D eigenvalue weighted by Crippen LogP contribution is 2.43. The highest BCUT2D eigenvalue weighted by molar-refractivity contribution is 5.98. The maximum absolute atomic E-state index is 14.1. The van der Waals surface area contributed by atoms with E-state index in [4.69, 9.17) is 4.84 Å². The second-order valence-corrected chi connectivity index (χ2v) is 9.28. The van der Waals surface area contributed by atoms with Crippen molar-refractivity contribution in [2.75, 3.05) is 50.4 Å². The van der Waals surface area contributed by atoms with Crippen LogP contribution in [0.15, 0.2) is 36.4 Å². The molecule has 0 spiro atoms. The van der Waals surface area contributed by atoms with Gasteiger partial charge in [0, 0.05) is 24.3 Å². The van der Waals surface area contributed by atoms with Crippen LogP contribution in [0.25, 0.3) is 0 Å². The van der Waals surface area contributed by atoms with E-state index in [0.717, 1.165) is 21.9 Å². The number of hydroxylamine groups is 1. The lowest BCUT2D eigenvalue weighted by Gasteiger charge is -2.26. The van der Waals surface area contributed by atoms with Gasteiger partial charge in [-0.2, -0.15) is 31.4 Å². The summed E-state index contributed by atoms with van der Waals surface area (Å²) in [5.41, 5.74) is -5.18. The summed E-state index contributed by atoms with van der Waals surface area (Å²) in [6.45, 7) is 0.676. The molecular formula is C25H27F7N4O4. The van der Waals surface area contributed by atoms with Crippen molar-refractivity contribution in [3.63, 3.8) is 0 Å². The number of carbonyl (C=O) groups excluding carboxylic acids is 2. The quantitative estimate of drug-likeness (QED) is 0.442. The summed E-state index contributed by atoms with van der Waals surface area (Å²) in [6.07, 6.45) is -12.7. The number of alkyl halides is 6. The van der Waals surface area contributed by atoms with E-state index in [1.165, 1.54) is 19.1 Å². The minimum absolute atomic E-state index is 0.0571. The van der Waals surface area contributed by atoms with E-state index >= 15 is 0 Å². The second-order valence-electron chi connectivity index (χ2n) is 9.28. The molecule has 1 N–H and O–H groups in total. The minimum Gasteiger partial charge on any atom is -0.390 e. The third-order valence-corrected chi connectivity index (χ3v) is 5.96. The van der Waals surface area contributed by atoms with Gasteiger partial charge in [-0.15, -0.1) is 0 Å². The number of hydrogen-bond acceptors (Lipinski definition) is 5. The fraction of sp³-hybridized carbons (Fsp3) is 0.440. The molecular weight excluding hydrogens is 553 g/mol. The molecule has 3 amide bonds. The smallest absolute Gasteiger partial charge is 0.390 e. The number of rotatable bonds is 9. The molecule has 1 saturated heterocycles. The summed E-state index contributed by atoms with van der Waals surface area (Å²) < 4.78 is 96.7. The first-order chi connectivity index (χ1) is 18.5. The Hall–Kier alpha value is -3.43. The van der Waals surface area contributed by atoms with Crippen molar-refractivity contribution < 1.29 is 50.3 Å². The third-order valence-electron chi connectivity index (χ3n) is 5.96. The van der Waals surface area contributed by atoms with Crippen LogP contribution in [0.4, 0.5) is 46.9 Å². The van der Waals surface area contributed by atoms with E-state index in [1.54, 1.807) is 19.0 Å². The van der Waals surface area contributed by atoms with Crippen LogP contribution in [0.2, 0.25) is 0 Å². The van der Waals surface area contributed by atoms with Crippen LogP contribution in [0, 0.1) is 5.82 Å². The number of carbonyl (C=O) groups is 2. The lowest BCUT2D eigenvalue weighted by Crippen LogP contribution is -2.41. The lowest BCUT2D eigenvalue weighted by atomic mass is 9.97. The van der Waals surface area contributed by atoms with Crippen molar-refractivity contribution in [1.82, 2.24) is 9.80 Å². The Balaban J connectivity index is 2.09. The molecule has 1 heterocycles. The van der Waals surface area contributed by atoms with Crippen LogP contribution in [-0.4, -0.2) is 73.4 Å². The molecule has 0 aliphatic carbocycles. The van der Waals surface area contributed by atoms with Gasteiger partial charge >= 0.3 is 18.4 Å². The van der Waals surface area contributed by atoms with Gasteiger partial charge in [-0.25, -0.2) is 14.0 Å². The predicted octanol–water partition coefficient (Wildman–Crippen LogP) is 4.51. The zero-order valence-electron chi connectivity index (χ0n) is 21.7. The van der Waals surface area contributed by atoms with Crippen molar-refractivity contribution in [2.45, 2.75) is 31.8 Å². The van der Waals surface area contributed by atoms with Crippen LogP contribution in [0.1, 0.15) is 23.6 Å². The van der Waals surface area contributed by atoms with Gasteiger partial charge < -0.3 is 14.9 Å². The molecule has 2 aromatic carbocycles. The molecule has 1 fully saturated rings. The molecule has 40 heavy (non-hydrogen) atoms. The summed E-state index contributed by atoms with van der Waals surface area (Å²) in [4.78, 5) is 35.0. The SMILES string of the molecule is CCN(C(=O)Cc1c(N2OCN(CC(O)CN(C)C)C2=O)cc(C(F)(F)F)cc1C(F)(F)F)c1ccc(F)cc1. The number of anilines is 2. The molecule has 220 valence electrons. The van der Waals surface area contributed by atoms with Crippen molar-refractivity contribution in [2.24, 2.45) is 0 Å². The fourth-order valence-corrected chi connectivity index (χ4v) is 4.21. The van der Waals surface area contributed by atoms with E-state index in [1.807, 2.05) is 0 Å². The zero-order chi connectivity index (χ0) is 30.0. The van der Waals surface area contributed by atoms with Gasteiger partial charge in [0.15, 0.2) is 6.73 Å². The Bertz CT molecular complexity index is 1220. The highest BCUT2D eigenvalue weighted by atomic mass is 19.4. The molecule has 0 bridgehead atoms. The van der Waals surface area contributed by atoms with E-state index in [9.17, 15) is 45.4 Å². The number of hydrogen-bond donors (Lipinski definition) is 1. The van der Waals surface area contributed by atoms with Gasteiger partial charge in [0.05, 0.1) is 35.9 Å². The Labute approximate surface area is 225 Å². The highest BCUT2D eigenvalue weighted by Gasteiger charge is 2.43. The maximum Gasteiger partial charge on any atom is 0.416 e. The summed E-state index contributed by atoms with van der Waals surface area (Å²) in [5.74, 6) is -1.58. The maximum atomic E-state index is 14.1. The molecule has 1 aliphatic rings. The monoisotopic (exact) mass is 580 g/mol. The number of nitrogens with zero attached hydrogens (tertiary/aromatic N) is 4. The topological polar surface area (TPSA) is 76.6 Å². The number of benzene rings is 2. The van der Waals surface area contributed by atoms with Crippen LogP contribution in [-0.2, 0) is 28.4 Å². The van der Waals surface area contributed by atoms with Gasteiger partial charge in [0.1, 0.15) is 5.82 Å². The van der Waals surface area contributed by atoms with Crippen LogP contribution in [0.3, 0.4) is 0 Å². The number of halogens is 7. The van der Waals surface area contributed by atoms with Gasteiger partial charge in [0.25, 0.3) is 0 Å². The predicted molar refractivity (Wildman–Crippen MR) is 130 cm³/mol. The van der Waals surface area contributed by atoms with Gasteiger partial charge in [-0.3, -0.25) is 9.69 Å². The Morgan fingerprint density at radius 1 is 1.07 bits per heavy atom. The summed E-state index contributed by atoms with van der Waals surface area (Å²) in [5, 5.41) is 10.4. The normalized spacial score (nSPS) is 15.2. The largest absolute Gasteiger partial charge is 0.416 e. The van der Waals surface area contributed by atoms with Gasteiger partial charge in [0.2, 0.25) is 5.91 Å². The van der Waals surface area contributed by atoms with Crippen molar-refractivity contribution >= 4 is 23.3 Å². The first-order valence-corrected chi connectivity index (χ1v) is 11.9. The summed E-state index contributed by atoms with van der Waals surface area (Å²) in [6, 6.07) is 3.57. The lowest BCUT2D eigenvalue weighted by molar-refractivity contribution is -0.143.